The molecule has 0 aliphatic heterocycles. The normalized spacial score (nSPS) is 10.5. The fourth-order valence-corrected chi connectivity index (χ4v) is 1.03. The Morgan fingerprint density at radius 2 is 2.40 bits per heavy atom. The molecule has 1 aromatic carbocycles. The summed E-state index contributed by atoms with van der Waals surface area (Å²) in [6, 6.07) is 4.38. The first kappa shape index (κ1) is 11.6. The van der Waals surface area contributed by atoms with Crippen molar-refractivity contribution < 1.29 is 19.1 Å². The largest absolute Gasteiger partial charge is 0.479 e. The fourth-order valence-electron chi connectivity index (χ4n) is 0.783. The van der Waals surface area contributed by atoms with Gasteiger partial charge >= 0.3 is 5.97 Å². The number of carbonyl (C=O) groups is 1. The first-order chi connectivity index (χ1) is 7.09. The maximum absolute atomic E-state index is 13.0. The van der Waals surface area contributed by atoms with E-state index >= 15 is 0 Å². The molecular weight excluding hydrogens is 269 g/mol. The Kier molecular flexibility index (Phi) is 4.23. The summed E-state index contributed by atoms with van der Waals surface area (Å²) in [6.07, 6.45) is 1.23. The Hall–Kier alpha value is -1.43. The summed E-state index contributed by atoms with van der Waals surface area (Å²) in [5.74, 6) is -1.54. The average molecular weight is 276 g/mol. The second-order valence-corrected chi connectivity index (χ2v) is 3.43. The summed E-state index contributed by atoms with van der Waals surface area (Å²) < 4.78 is 13.3. The summed E-state index contributed by atoms with van der Waals surface area (Å²) in [5.41, 5.74) is 0.487. The Balaban J connectivity index is 2.57. The monoisotopic (exact) mass is 275 g/mol. The zero-order valence-corrected chi connectivity index (χ0v) is 9.07. The molecule has 0 amide bonds. The van der Waals surface area contributed by atoms with Gasteiger partial charge in [0.15, 0.2) is 0 Å². The van der Waals surface area contributed by atoms with Crippen LogP contribution in [0.25, 0.3) is 0 Å². The van der Waals surface area contributed by atoms with E-state index in [1.165, 1.54) is 18.3 Å². The molecule has 0 aliphatic carbocycles. The Morgan fingerprint density at radius 3 is 3.00 bits per heavy atom. The molecule has 0 heterocycles. The van der Waals surface area contributed by atoms with Gasteiger partial charge in [0.2, 0.25) is 6.61 Å². The smallest absolute Gasteiger partial charge is 0.344 e. The number of carboxylic acid groups (broad SMARTS) is 1. The summed E-state index contributed by atoms with van der Waals surface area (Å²) in [4.78, 5) is 14.4. The minimum Gasteiger partial charge on any atom is -0.479 e. The summed E-state index contributed by atoms with van der Waals surface area (Å²) in [6.45, 7) is -0.518. The van der Waals surface area contributed by atoms with Crippen molar-refractivity contribution in [2.75, 3.05) is 6.61 Å². The highest BCUT2D eigenvalue weighted by atomic mass is 79.9. The van der Waals surface area contributed by atoms with Crippen LogP contribution in [-0.4, -0.2) is 23.9 Å². The predicted molar refractivity (Wildman–Crippen MR) is 55.3 cm³/mol. The molecular formula is C9H7BrFNO3. The van der Waals surface area contributed by atoms with Crippen molar-refractivity contribution in [1.82, 2.24) is 0 Å². The number of hydrogen-bond acceptors (Lipinski definition) is 3. The first-order valence-corrected chi connectivity index (χ1v) is 4.71. The molecule has 0 bridgehead atoms. The van der Waals surface area contributed by atoms with E-state index in [0.717, 1.165) is 0 Å². The molecule has 0 spiro atoms. The van der Waals surface area contributed by atoms with E-state index in [4.69, 9.17) is 5.11 Å². The number of carboxylic acids is 1. The Labute approximate surface area is 93.5 Å². The fraction of sp³-hybridized carbons (Fsp3) is 0.111. The van der Waals surface area contributed by atoms with Gasteiger partial charge in [-0.15, -0.1) is 0 Å². The minimum atomic E-state index is -1.12. The van der Waals surface area contributed by atoms with Gasteiger partial charge in [0, 0.05) is 0 Å². The van der Waals surface area contributed by atoms with Crippen molar-refractivity contribution in [3.05, 3.63) is 34.1 Å². The lowest BCUT2D eigenvalue weighted by Gasteiger charge is -1.96. The van der Waals surface area contributed by atoms with Crippen molar-refractivity contribution in [1.29, 1.82) is 0 Å². The van der Waals surface area contributed by atoms with Crippen LogP contribution in [0.2, 0.25) is 0 Å². The quantitative estimate of drug-likeness (QED) is 0.676. The van der Waals surface area contributed by atoms with Gasteiger partial charge in [-0.25, -0.2) is 9.18 Å². The number of benzene rings is 1. The van der Waals surface area contributed by atoms with Crippen molar-refractivity contribution in [3.63, 3.8) is 0 Å². The van der Waals surface area contributed by atoms with E-state index in [1.807, 2.05) is 0 Å². The summed E-state index contributed by atoms with van der Waals surface area (Å²) >= 11 is 3.00. The number of nitrogens with zero attached hydrogens (tertiary/aromatic N) is 1. The van der Waals surface area contributed by atoms with E-state index in [0.29, 0.717) is 10.0 Å². The van der Waals surface area contributed by atoms with Gasteiger partial charge in [0.05, 0.1) is 10.7 Å². The molecule has 1 aromatic rings. The van der Waals surface area contributed by atoms with Gasteiger partial charge < -0.3 is 9.94 Å². The second kappa shape index (κ2) is 5.45. The molecule has 0 atom stereocenters. The van der Waals surface area contributed by atoms with Gasteiger partial charge in [-0.1, -0.05) is 11.2 Å². The molecule has 1 N–H and O–H groups in total. The highest BCUT2D eigenvalue weighted by Gasteiger charge is 1.98. The molecule has 0 saturated heterocycles. The molecule has 1 rings (SSSR count). The first-order valence-electron chi connectivity index (χ1n) is 3.92. The molecule has 0 aromatic heterocycles. The zero-order valence-electron chi connectivity index (χ0n) is 7.48. The van der Waals surface area contributed by atoms with Crippen molar-refractivity contribution in [2.24, 2.45) is 5.16 Å². The van der Waals surface area contributed by atoms with E-state index in [1.54, 1.807) is 6.07 Å². The third kappa shape index (κ3) is 4.07. The van der Waals surface area contributed by atoms with E-state index in [2.05, 4.69) is 25.9 Å². The number of hydrogen-bond donors (Lipinski definition) is 1. The molecule has 4 nitrogen and oxygen atoms in total. The van der Waals surface area contributed by atoms with Crippen molar-refractivity contribution >= 4 is 28.1 Å². The van der Waals surface area contributed by atoms with E-state index in [-0.39, 0.29) is 0 Å². The van der Waals surface area contributed by atoms with Crippen LogP contribution in [0.1, 0.15) is 5.56 Å². The molecule has 0 saturated carbocycles. The maximum atomic E-state index is 13.0. The number of oxime groups is 1. The van der Waals surface area contributed by atoms with Crippen LogP contribution < -0.4 is 0 Å². The molecule has 0 unspecified atom stereocenters. The van der Waals surface area contributed by atoms with Crippen molar-refractivity contribution in [3.8, 4) is 0 Å². The molecule has 80 valence electrons. The maximum Gasteiger partial charge on any atom is 0.344 e. The van der Waals surface area contributed by atoms with Gasteiger partial charge in [0.25, 0.3) is 0 Å². The number of aliphatic carboxylic acids is 1. The van der Waals surface area contributed by atoms with Crippen molar-refractivity contribution in [2.45, 2.75) is 0 Å². The highest BCUT2D eigenvalue weighted by Crippen LogP contribution is 2.15. The summed E-state index contributed by atoms with van der Waals surface area (Å²) in [7, 11) is 0. The number of rotatable bonds is 4. The highest BCUT2D eigenvalue weighted by molar-refractivity contribution is 9.10. The van der Waals surface area contributed by atoms with Crippen LogP contribution in [0.5, 0.6) is 0 Å². The Bertz CT molecular complexity index is 395. The lowest BCUT2D eigenvalue weighted by atomic mass is 10.2. The van der Waals surface area contributed by atoms with Crippen LogP contribution in [0.4, 0.5) is 4.39 Å². The average Bonchev–Trinajstić information content (AvgIpc) is 2.18. The second-order valence-electron chi connectivity index (χ2n) is 2.58. The molecule has 0 fully saturated rings. The summed E-state index contributed by atoms with van der Waals surface area (Å²) in [5, 5.41) is 11.6. The lowest BCUT2D eigenvalue weighted by Crippen LogP contribution is -2.03. The van der Waals surface area contributed by atoms with Crippen LogP contribution in [0.3, 0.4) is 0 Å². The third-order valence-corrected chi connectivity index (χ3v) is 2.05. The minimum absolute atomic E-state index is 0.353. The van der Waals surface area contributed by atoms with Crippen LogP contribution >= 0.6 is 15.9 Å². The molecule has 15 heavy (non-hydrogen) atoms. The predicted octanol–water partition coefficient (Wildman–Crippen LogP) is 2.02. The van der Waals surface area contributed by atoms with Crippen LogP contribution in [0.15, 0.2) is 27.8 Å². The van der Waals surface area contributed by atoms with Gasteiger partial charge in [-0.3, -0.25) is 0 Å². The van der Waals surface area contributed by atoms with Gasteiger partial charge in [-0.2, -0.15) is 0 Å². The van der Waals surface area contributed by atoms with Gasteiger partial charge in [-0.05, 0) is 33.6 Å². The van der Waals surface area contributed by atoms with Crippen LogP contribution in [-0.2, 0) is 9.63 Å². The van der Waals surface area contributed by atoms with Gasteiger partial charge in [0.1, 0.15) is 5.82 Å². The zero-order chi connectivity index (χ0) is 11.3. The SMILES string of the molecule is O=C(O)CO/N=C/c1ccc(Br)c(F)c1. The van der Waals surface area contributed by atoms with Crippen LogP contribution in [0, 0.1) is 5.82 Å². The third-order valence-electron chi connectivity index (χ3n) is 1.41. The Morgan fingerprint density at radius 1 is 1.67 bits per heavy atom. The lowest BCUT2D eigenvalue weighted by molar-refractivity contribution is -0.142. The van der Waals surface area contributed by atoms with E-state index in [9.17, 15) is 9.18 Å². The topological polar surface area (TPSA) is 58.9 Å². The molecule has 0 radical (unpaired) electrons. The standard InChI is InChI=1S/C9H7BrFNO3/c10-7-2-1-6(3-8(7)11)4-12-15-5-9(13)14/h1-4H,5H2,(H,13,14)/b12-4+. The number of halogens is 2. The molecule has 0 aliphatic rings. The molecule has 6 heteroatoms. The van der Waals surface area contributed by atoms with E-state index < -0.39 is 18.4 Å².